The summed E-state index contributed by atoms with van der Waals surface area (Å²) in [6.07, 6.45) is 3.51. The van der Waals surface area contributed by atoms with Gasteiger partial charge in [-0.05, 0) is 49.1 Å². The van der Waals surface area contributed by atoms with Gasteiger partial charge in [0.25, 0.3) is 0 Å². The maximum absolute atomic E-state index is 12.5. The Morgan fingerprint density at radius 2 is 2.04 bits per heavy atom. The fraction of sp³-hybridized carbons (Fsp3) is 0.278. The van der Waals surface area contributed by atoms with E-state index in [1.54, 1.807) is 18.2 Å². The van der Waals surface area contributed by atoms with Crippen LogP contribution in [0.3, 0.4) is 0 Å². The number of rotatable bonds is 4. The number of hydrogen-bond donors (Lipinski definition) is 1. The molecule has 1 amide bonds. The fourth-order valence-corrected chi connectivity index (χ4v) is 3.39. The van der Waals surface area contributed by atoms with Gasteiger partial charge < -0.3 is 0 Å². The summed E-state index contributed by atoms with van der Waals surface area (Å²) in [4.78, 5) is 21.4. The van der Waals surface area contributed by atoms with E-state index in [-0.39, 0.29) is 12.3 Å². The van der Waals surface area contributed by atoms with Gasteiger partial charge in [0.05, 0.1) is 6.42 Å². The van der Waals surface area contributed by atoms with Gasteiger partial charge in [-0.2, -0.15) is 0 Å². The molecule has 1 aliphatic carbocycles. The third-order valence-electron chi connectivity index (χ3n) is 4.45. The molecule has 2 aromatic heterocycles. The number of pyridine rings is 1. The standard InChI is InChI=1S/C18H16Cl2N4O/c19-12-4-1-3-11(9-12)10-16(25)23-18-21-14-7-8-15(20)22-17(14)24(18)13-5-2-6-13/h1,3-4,7-9,13H,2,5-6,10H2,(H,21,23,25). The monoisotopic (exact) mass is 374 g/mol. The van der Waals surface area contributed by atoms with Crippen LogP contribution >= 0.6 is 23.2 Å². The Balaban J connectivity index is 1.63. The topological polar surface area (TPSA) is 59.8 Å². The highest BCUT2D eigenvalue weighted by molar-refractivity contribution is 6.30. The molecule has 1 aliphatic rings. The average molecular weight is 375 g/mol. The first-order valence-corrected chi connectivity index (χ1v) is 8.94. The molecule has 25 heavy (non-hydrogen) atoms. The molecule has 3 aromatic rings. The summed E-state index contributed by atoms with van der Waals surface area (Å²) >= 11 is 12.0. The minimum absolute atomic E-state index is 0.135. The number of anilines is 1. The zero-order valence-corrected chi connectivity index (χ0v) is 14.9. The first-order valence-electron chi connectivity index (χ1n) is 8.19. The molecule has 1 N–H and O–H groups in total. The number of amides is 1. The average Bonchev–Trinajstić information content (AvgIpc) is 2.83. The third kappa shape index (κ3) is 3.34. The van der Waals surface area contributed by atoms with Crippen molar-refractivity contribution in [3.8, 4) is 0 Å². The number of nitrogens with zero attached hydrogens (tertiary/aromatic N) is 3. The Morgan fingerprint density at radius 1 is 1.20 bits per heavy atom. The molecule has 0 bridgehead atoms. The van der Waals surface area contributed by atoms with Crippen molar-refractivity contribution >= 4 is 46.2 Å². The first-order chi connectivity index (χ1) is 12.1. The van der Waals surface area contributed by atoms with Crippen molar-refractivity contribution in [1.82, 2.24) is 14.5 Å². The van der Waals surface area contributed by atoms with Gasteiger partial charge in [-0.25, -0.2) is 9.97 Å². The Hall–Kier alpha value is -2.11. The van der Waals surface area contributed by atoms with Crippen LogP contribution in [0.15, 0.2) is 36.4 Å². The molecular weight excluding hydrogens is 359 g/mol. The number of carbonyl (C=O) groups excluding carboxylic acids is 1. The highest BCUT2D eigenvalue weighted by Gasteiger charge is 2.26. The van der Waals surface area contributed by atoms with E-state index in [0.29, 0.717) is 22.2 Å². The highest BCUT2D eigenvalue weighted by Crippen LogP contribution is 2.36. The van der Waals surface area contributed by atoms with Gasteiger partial charge in [0.2, 0.25) is 11.9 Å². The van der Waals surface area contributed by atoms with E-state index in [1.165, 1.54) is 6.42 Å². The summed E-state index contributed by atoms with van der Waals surface area (Å²) in [6.45, 7) is 0. The van der Waals surface area contributed by atoms with Crippen molar-refractivity contribution in [1.29, 1.82) is 0 Å². The summed E-state index contributed by atoms with van der Waals surface area (Å²) in [5.74, 6) is 0.394. The van der Waals surface area contributed by atoms with E-state index < -0.39 is 0 Å². The van der Waals surface area contributed by atoms with E-state index in [1.807, 2.05) is 22.8 Å². The number of nitrogens with one attached hydrogen (secondary N) is 1. The van der Waals surface area contributed by atoms with Crippen LogP contribution in [-0.4, -0.2) is 20.4 Å². The van der Waals surface area contributed by atoms with Crippen molar-refractivity contribution in [2.45, 2.75) is 31.7 Å². The van der Waals surface area contributed by atoms with Crippen molar-refractivity contribution in [3.05, 3.63) is 52.1 Å². The number of imidazole rings is 1. The van der Waals surface area contributed by atoms with Gasteiger partial charge in [0.1, 0.15) is 10.7 Å². The molecule has 1 aromatic carbocycles. The van der Waals surface area contributed by atoms with E-state index in [4.69, 9.17) is 23.2 Å². The lowest BCUT2D eigenvalue weighted by Gasteiger charge is -2.28. The van der Waals surface area contributed by atoms with Crippen molar-refractivity contribution in [3.63, 3.8) is 0 Å². The second-order valence-corrected chi connectivity index (χ2v) is 7.05. The number of benzene rings is 1. The van der Waals surface area contributed by atoms with Gasteiger partial charge in [0.15, 0.2) is 5.65 Å². The molecule has 2 heterocycles. The zero-order valence-electron chi connectivity index (χ0n) is 13.4. The van der Waals surface area contributed by atoms with Gasteiger partial charge in [0, 0.05) is 11.1 Å². The van der Waals surface area contributed by atoms with Crippen LogP contribution in [0.25, 0.3) is 11.2 Å². The van der Waals surface area contributed by atoms with Crippen LogP contribution in [0.4, 0.5) is 5.95 Å². The van der Waals surface area contributed by atoms with Crippen molar-refractivity contribution in [2.75, 3.05) is 5.32 Å². The van der Waals surface area contributed by atoms with E-state index >= 15 is 0 Å². The summed E-state index contributed by atoms with van der Waals surface area (Å²) < 4.78 is 2.00. The van der Waals surface area contributed by atoms with E-state index in [0.717, 1.165) is 29.6 Å². The molecule has 0 atom stereocenters. The molecule has 1 fully saturated rings. The number of carbonyl (C=O) groups is 1. The molecule has 1 saturated carbocycles. The number of hydrogen-bond acceptors (Lipinski definition) is 3. The van der Waals surface area contributed by atoms with Gasteiger partial charge in [-0.1, -0.05) is 35.3 Å². The van der Waals surface area contributed by atoms with Crippen LogP contribution in [0, 0.1) is 0 Å². The predicted octanol–water partition coefficient (Wildman–Crippen LogP) is 4.64. The number of halogens is 2. The summed E-state index contributed by atoms with van der Waals surface area (Å²) in [5.41, 5.74) is 2.31. The second kappa shape index (κ2) is 6.65. The number of fused-ring (bicyclic) bond motifs is 1. The second-order valence-electron chi connectivity index (χ2n) is 6.22. The highest BCUT2D eigenvalue weighted by atomic mass is 35.5. The van der Waals surface area contributed by atoms with E-state index in [9.17, 15) is 4.79 Å². The maximum Gasteiger partial charge on any atom is 0.231 e. The molecule has 0 aliphatic heterocycles. The largest absolute Gasteiger partial charge is 0.296 e. The minimum Gasteiger partial charge on any atom is -0.296 e. The molecule has 0 spiro atoms. The summed E-state index contributed by atoms with van der Waals surface area (Å²) in [5, 5.41) is 3.96. The minimum atomic E-state index is -0.135. The third-order valence-corrected chi connectivity index (χ3v) is 4.89. The molecule has 7 heteroatoms. The first kappa shape index (κ1) is 16.4. The van der Waals surface area contributed by atoms with Crippen molar-refractivity contribution in [2.24, 2.45) is 0 Å². The maximum atomic E-state index is 12.5. The molecular formula is C18H16Cl2N4O. The Labute approximate surface area is 155 Å². The van der Waals surface area contributed by atoms with Gasteiger partial charge >= 0.3 is 0 Å². The van der Waals surface area contributed by atoms with Crippen LogP contribution in [0.1, 0.15) is 30.9 Å². The molecule has 5 nitrogen and oxygen atoms in total. The van der Waals surface area contributed by atoms with E-state index in [2.05, 4.69) is 15.3 Å². The van der Waals surface area contributed by atoms with Crippen LogP contribution in [0.5, 0.6) is 0 Å². The quantitative estimate of drug-likeness (QED) is 0.676. The normalized spacial score (nSPS) is 14.5. The lowest BCUT2D eigenvalue weighted by Crippen LogP contribution is -2.23. The molecule has 4 rings (SSSR count). The molecule has 128 valence electrons. The lowest BCUT2D eigenvalue weighted by atomic mass is 9.93. The zero-order chi connectivity index (χ0) is 17.4. The Bertz CT molecular complexity index is 949. The number of aromatic nitrogens is 3. The summed E-state index contributed by atoms with van der Waals surface area (Å²) in [6, 6.07) is 11.1. The smallest absolute Gasteiger partial charge is 0.231 e. The van der Waals surface area contributed by atoms with Gasteiger partial charge in [-0.15, -0.1) is 0 Å². The van der Waals surface area contributed by atoms with Gasteiger partial charge in [-0.3, -0.25) is 14.7 Å². The van der Waals surface area contributed by atoms with Crippen molar-refractivity contribution < 1.29 is 4.79 Å². The van der Waals surface area contributed by atoms with Crippen LogP contribution in [-0.2, 0) is 11.2 Å². The SMILES string of the molecule is O=C(Cc1cccc(Cl)c1)Nc1nc2ccc(Cl)nc2n1C1CCC1. The Kier molecular flexibility index (Phi) is 4.36. The van der Waals surface area contributed by atoms with Crippen LogP contribution < -0.4 is 5.32 Å². The molecule has 0 unspecified atom stereocenters. The molecule has 0 saturated heterocycles. The Morgan fingerprint density at radius 3 is 2.76 bits per heavy atom. The predicted molar refractivity (Wildman–Crippen MR) is 99.2 cm³/mol. The fourth-order valence-electron chi connectivity index (χ4n) is 3.03. The van der Waals surface area contributed by atoms with Crippen LogP contribution in [0.2, 0.25) is 10.2 Å². The lowest BCUT2D eigenvalue weighted by molar-refractivity contribution is -0.115. The summed E-state index contributed by atoms with van der Waals surface area (Å²) in [7, 11) is 0. The molecule has 0 radical (unpaired) electrons.